The molecule has 0 unspecified atom stereocenters. The number of carbonyl (C=O) groups is 2. The Bertz CT molecular complexity index is 1210. The van der Waals surface area contributed by atoms with E-state index in [2.05, 4.69) is 15.4 Å². The number of aromatic nitrogens is 2. The maximum Gasteiger partial charge on any atom is 0.277 e. The third kappa shape index (κ3) is 3.24. The van der Waals surface area contributed by atoms with Crippen molar-refractivity contribution in [1.82, 2.24) is 15.1 Å². The van der Waals surface area contributed by atoms with E-state index in [1.807, 2.05) is 24.3 Å². The molecule has 156 valence electrons. The average molecular weight is 418 g/mol. The molecule has 9 heteroatoms. The summed E-state index contributed by atoms with van der Waals surface area (Å²) in [7, 11) is 0. The average Bonchev–Trinajstić information content (AvgIpc) is 3.44. The first kappa shape index (κ1) is 19.0. The van der Waals surface area contributed by atoms with Crippen LogP contribution in [-0.4, -0.2) is 47.1 Å². The predicted molar refractivity (Wildman–Crippen MR) is 113 cm³/mol. The minimum absolute atomic E-state index is 0.0630. The Morgan fingerprint density at radius 3 is 2.42 bits per heavy atom. The predicted octanol–water partition coefficient (Wildman–Crippen LogP) is 1.66. The monoisotopic (exact) mass is 418 g/mol. The molecule has 2 aliphatic rings. The summed E-state index contributed by atoms with van der Waals surface area (Å²) in [6, 6.07) is 13.1. The van der Waals surface area contributed by atoms with Crippen molar-refractivity contribution in [2.75, 3.05) is 24.5 Å². The number of aliphatic imine (C=N–C) groups is 1. The molecule has 0 bridgehead atoms. The summed E-state index contributed by atoms with van der Waals surface area (Å²) in [6.45, 7) is 1.96. The number of nitrogens with zero attached hydrogens (tertiary/aromatic N) is 4. The van der Waals surface area contributed by atoms with Crippen LogP contribution in [0.4, 0.5) is 10.1 Å². The van der Waals surface area contributed by atoms with Crippen LogP contribution >= 0.6 is 0 Å². The zero-order valence-electron chi connectivity index (χ0n) is 16.5. The van der Waals surface area contributed by atoms with Gasteiger partial charge in [0, 0.05) is 29.9 Å². The molecule has 0 radical (unpaired) electrons. The smallest absolute Gasteiger partial charge is 0.277 e. The van der Waals surface area contributed by atoms with Crippen molar-refractivity contribution in [3.05, 3.63) is 76.9 Å². The van der Waals surface area contributed by atoms with Gasteiger partial charge in [-0.1, -0.05) is 0 Å². The minimum atomic E-state index is -0.701. The first-order valence-electron chi connectivity index (χ1n) is 9.91. The van der Waals surface area contributed by atoms with Gasteiger partial charge in [0.15, 0.2) is 5.69 Å². The Morgan fingerprint density at radius 2 is 1.77 bits per heavy atom. The van der Waals surface area contributed by atoms with E-state index in [1.54, 1.807) is 4.90 Å². The largest absolute Gasteiger partial charge is 0.368 e. The number of anilines is 1. The molecule has 0 fully saturated rings. The van der Waals surface area contributed by atoms with E-state index in [0.29, 0.717) is 24.2 Å². The van der Waals surface area contributed by atoms with Crippen LogP contribution < -0.4 is 16.0 Å². The first-order chi connectivity index (χ1) is 15.0. The van der Waals surface area contributed by atoms with E-state index in [1.165, 1.54) is 28.9 Å². The molecule has 3 heterocycles. The van der Waals surface area contributed by atoms with Crippen LogP contribution in [0.25, 0.3) is 5.69 Å². The molecule has 0 atom stereocenters. The van der Waals surface area contributed by atoms with Crippen molar-refractivity contribution in [3.63, 3.8) is 0 Å². The van der Waals surface area contributed by atoms with Gasteiger partial charge in [0.2, 0.25) is 0 Å². The molecule has 1 aromatic heterocycles. The number of amidine groups is 1. The standard InChI is InChI=1S/C22H19FN6O2/c23-14-3-7-16(8-4-14)29-19-17(18(27-29)20(24)30)9-12-28(22(19)31)15-5-1-13(2-6-15)21-25-10-11-26-21/h1-8H,9-12H2,(H2,24,30)(H,25,26). The second-order valence-electron chi connectivity index (χ2n) is 7.34. The molecule has 3 N–H and O–H groups in total. The maximum absolute atomic E-state index is 13.5. The van der Waals surface area contributed by atoms with E-state index in [-0.39, 0.29) is 17.3 Å². The van der Waals surface area contributed by atoms with Crippen molar-refractivity contribution in [3.8, 4) is 5.69 Å². The quantitative estimate of drug-likeness (QED) is 0.672. The Hall–Kier alpha value is -4.01. The zero-order chi connectivity index (χ0) is 21.5. The number of hydrogen-bond acceptors (Lipinski definition) is 5. The number of halogens is 1. The second kappa shape index (κ2) is 7.35. The molecule has 0 aliphatic carbocycles. The van der Waals surface area contributed by atoms with Crippen molar-refractivity contribution in [2.45, 2.75) is 6.42 Å². The topological polar surface area (TPSA) is 106 Å². The number of primary amides is 1. The van der Waals surface area contributed by atoms with E-state index in [0.717, 1.165) is 30.2 Å². The van der Waals surface area contributed by atoms with Gasteiger partial charge in [0.1, 0.15) is 17.3 Å². The lowest BCUT2D eigenvalue weighted by molar-refractivity contribution is 0.0972. The fourth-order valence-electron chi connectivity index (χ4n) is 3.96. The van der Waals surface area contributed by atoms with Crippen LogP contribution in [0.5, 0.6) is 0 Å². The van der Waals surface area contributed by atoms with Gasteiger partial charge in [-0.15, -0.1) is 0 Å². The number of benzene rings is 2. The van der Waals surface area contributed by atoms with Crippen molar-refractivity contribution >= 4 is 23.3 Å². The van der Waals surface area contributed by atoms with Gasteiger partial charge in [0.05, 0.1) is 12.2 Å². The van der Waals surface area contributed by atoms with Crippen LogP contribution in [0.3, 0.4) is 0 Å². The summed E-state index contributed by atoms with van der Waals surface area (Å²) >= 11 is 0. The van der Waals surface area contributed by atoms with Gasteiger partial charge in [-0.25, -0.2) is 9.07 Å². The Kier molecular flexibility index (Phi) is 4.50. The molecule has 8 nitrogen and oxygen atoms in total. The number of carbonyl (C=O) groups excluding carboxylic acids is 2. The molecule has 5 rings (SSSR count). The zero-order valence-corrected chi connectivity index (χ0v) is 16.5. The first-order valence-corrected chi connectivity index (χ1v) is 9.91. The SMILES string of the molecule is NC(=O)c1nn(-c2ccc(F)cc2)c2c1CCN(c1ccc(C3=NCCN3)cc1)C2=O. The molecule has 2 amide bonds. The highest BCUT2D eigenvalue weighted by Crippen LogP contribution is 2.29. The molecule has 3 aromatic rings. The van der Waals surface area contributed by atoms with Gasteiger partial charge < -0.3 is 16.0 Å². The number of nitrogens with one attached hydrogen (secondary N) is 1. The van der Waals surface area contributed by atoms with Crippen molar-refractivity contribution < 1.29 is 14.0 Å². The summed E-state index contributed by atoms with van der Waals surface area (Å²) in [5.74, 6) is -0.559. The minimum Gasteiger partial charge on any atom is -0.368 e. The Balaban J connectivity index is 1.54. The third-order valence-corrected chi connectivity index (χ3v) is 5.45. The number of fused-ring (bicyclic) bond motifs is 1. The molecule has 31 heavy (non-hydrogen) atoms. The number of rotatable bonds is 4. The lowest BCUT2D eigenvalue weighted by atomic mass is 10.0. The van der Waals surface area contributed by atoms with E-state index >= 15 is 0 Å². The number of nitrogens with two attached hydrogens (primary N) is 1. The molecule has 0 spiro atoms. The number of hydrogen-bond donors (Lipinski definition) is 2. The fraction of sp³-hybridized carbons (Fsp3) is 0.182. The molecule has 2 aromatic carbocycles. The van der Waals surface area contributed by atoms with Crippen LogP contribution in [0.1, 0.15) is 32.1 Å². The molecular formula is C22H19FN6O2. The summed E-state index contributed by atoms with van der Waals surface area (Å²) < 4.78 is 14.8. The molecule has 2 aliphatic heterocycles. The normalized spacial score (nSPS) is 15.5. The highest BCUT2D eigenvalue weighted by Gasteiger charge is 2.34. The maximum atomic E-state index is 13.5. The number of amides is 2. The lowest BCUT2D eigenvalue weighted by Crippen LogP contribution is -2.39. The van der Waals surface area contributed by atoms with Gasteiger partial charge in [-0.3, -0.25) is 14.6 Å². The summed E-state index contributed by atoms with van der Waals surface area (Å²) in [6.07, 6.45) is 0.427. The Morgan fingerprint density at radius 1 is 1.06 bits per heavy atom. The lowest BCUT2D eigenvalue weighted by Gasteiger charge is -2.28. The van der Waals surface area contributed by atoms with Crippen LogP contribution in [0, 0.1) is 5.82 Å². The van der Waals surface area contributed by atoms with Gasteiger partial charge >= 0.3 is 0 Å². The molecule has 0 saturated carbocycles. The molecule has 0 saturated heterocycles. The third-order valence-electron chi connectivity index (χ3n) is 5.45. The Labute approximate surface area is 177 Å². The van der Waals surface area contributed by atoms with Crippen LogP contribution in [0.2, 0.25) is 0 Å². The van der Waals surface area contributed by atoms with Gasteiger partial charge in [-0.05, 0) is 55.0 Å². The summed E-state index contributed by atoms with van der Waals surface area (Å²) in [4.78, 5) is 31.4. The van der Waals surface area contributed by atoms with E-state index in [9.17, 15) is 14.0 Å². The highest BCUT2D eigenvalue weighted by molar-refractivity contribution is 6.10. The summed E-state index contributed by atoms with van der Waals surface area (Å²) in [5.41, 5.74) is 8.50. The van der Waals surface area contributed by atoms with E-state index in [4.69, 9.17) is 5.73 Å². The van der Waals surface area contributed by atoms with Crippen molar-refractivity contribution in [1.29, 1.82) is 0 Å². The fourth-order valence-corrected chi connectivity index (χ4v) is 3.96. The van der Waals surface area contributed by atoms with Gasteiger partial charge in [-0.2, -0.15) is 5.10 Å². The summed E-state index contributed by atoms with van der Waals surface area (Å²) in [5, 5.41) is 7.51. The second-order valence-corrected chi connectivity index (χ2v) is 7.34. The van der Waals surface area contributed by atoms with E-state index < -0.39 is 11.7 Å². The highest BCUT2D eigenvalue weighted by atomic mass is 19.1. The molecular weight excluding hydrogens is 399 g/mol. The van der Waals surface area contributed by atoms with Crippen LogP contribution in [-0.2, 0) is 6.42 Å². The van der Waals surface area contributed by atoms with Crippen LogP contribution in [0.15, 0.2) is 53.5 Å². The van der Waals surface area contributed by atoms with Gasteiger partial charge in [0.25, 0.3) is 11.8 Å². The van der Waals surface area contributed by atoms with Crippen molar-refractivity contribution in [2.24, 2.45) is 10.7 Å².